The van der Waals surface area contributed by atoms with Gasteiger partial charge in [0.05, 0.1) is 11.7 Å². The molecule has 1 N–H and O–H groups in total. The monoisotopic (exact) mass is 220 g/mol. The van der Waals surface area contributed by atoms with Gasteiger partial charge in [-0.2, -0.15) is 5.26 Å². The SMILES string of the molecule is CCOC(C)(C)CNS(=O)(=O)CC#N. The normalized spacial score (nSPS) is 12.4. The van der Waals surface area contributed by atoms with Crippen molar-refractivity contribution in [2.24, 2.45) is 0 Å². The third-order valence-corrected chi connectivity index (χ3v) is 2.60. The Balaban J connectivity index is 4.12. The molecule has 0 spiro atoms. The van der Waals surface area contributed by atoms with Crippen molar-refractivity contribution in [1.82, 2.24) is 4.72 Å². The summed E-state index contributed by atoms with van der Waals surface area (Å²) in [6.07, 6.45) is 0. The molecule has 82 valence electrons. The summed E-state index contributed by atoms with van der Waals surface area (Å²) in [7, 11) is -3.47. The first-order valence-corrected chi connectivity index (χ1v) is 5.96. The summed E-state index contributed by atoms with van der Waals surface area (Å²) >= 11 is 0. The van der Waals surface area contributed by atoms with Gasteiger partial charge in [-0.3, -0.25) is 0 Å². The molecule has 6 heteroatoms. The van der Waals surface area contributed by atoms with Crippen LogP contribution in [0, 0.1) is 11.3 Å². The molecule has 5 nitrogen and oxygen atoms in total. The Labute approximate surface area is 85.1 Å². The van der Waals surface area contributed by atoms with Crippen molar-refractivity contribution in [2.75, 3.05) is 18.9 Å². The molecule has 0 unspecified atom stereocenters. The van der Waals surface area contributed by atoms with Crippen molar-refractivity contribution in [3.63, 3.8) is 0 Å². The molecule has 0 aromatic carbocycles. The smallest absolute Gasteiger partial charge is 0.225 e. The van der Waals surface area contributed by atoms with Gasteiger partial charge in [-0.1, -0.05) is 0 Å². The zero-order valence-electron chi connectivity index (χ0n) is 8.70. The minimum Gasteiger partial charge on any atom is -0.375 e. The fourth-order valence-electron chi connectivity index (χ4n) is 0.862. The minimum absolute atomic E-state index is 0.171. The molecule has 0 saturated carbocycles. The van der Waals surface area contributed by atoms with Crippen LogP contribution in [-0.4, -0.2) is 32.9 Å². The second kappa shape index (κ2) is 5.29. The molecule has 14 heavy (non-hydrogen) atoms. The highest BCUT2D eigenvalue weighted by Gasteiger charge is 2.20. The quantitative estimate of drug-likeness (QED) is 0.695. The Bertz CT molecular complexity index is 303. The summed E-state index contributed by atoms with van der Waals surface area (Å²) in [5.74, 6) is -0.519. The van der Waals surface area contributed by atoms with Gasteiger partial charge in [0.2, 0.25) is 10.0 Å². The Morgan fingerprint density at radius 2 is 2.07 bits per heavy atom. The van der Waals surface area contributed by atoms with Crippen LogP contribution in [0.2, 0.25) is 0 Å². The average Bonchev–Trinajstić information content (AvgIpc) is 2.01. The summed E-state index contributed by atoms with van der Waals surface area (Å²) in [5.41, 5.74) is -0.544. The Kier molecular flexibility index (Phi) is 5.05. The van der Waals surface area contributed by atoms with Gasteiger partial charge in [0.15, 0.2) is 5.75 Å². The fraction of sp³-hybridized carbons (Fsp3) is 0.875. The molecule has 0 radical (unpaired) electrons. The van der Waals surface area contributed by atoms with E-state index in [4.69, 9.17) is 10.00 Å². The predicted molar refractivity (Wildman–Crippen MR) is 53.1 cm³/mol. The van der Waals surface area contributed by atoms with E-state index in [1.165, 1.54) is 0 Å². The number of nitrogens with zero attached hydrogens (tertiary/aromatic N) is 1. The van der Waals surface area contributed by atoms with Gasteiger partial charge < -0.3 is 4.74 Å². The molecule has 0 atom stereocenters. The van der Waals surface area contributed by atoms with E-state index in [1.807, 2.05) is 6.92 Å². The highest BCUT2D eigenvalue weighted by molar-refractivity contribution is 7.89. The molecule has 0 aliphatic carbocycles. The lowest BCUT2D eigenvalue weighted by Gasteiger charge is -2.24. The van der Waals surface area contributed by atoms with E-state index in [-0.39, 0.29) is 6.54 Å². The van der Waals surface area contributed by atoms with Gasteiger partial charge in [-0.15, -0.1) is 0 Å². The standard InChI is InChI=1S/C8H16N2O3S/c1-4-13-8(2,3)7-10-14(11,12)6-5-9/h10H,4,6-7H2,1-3H3. The number of nitriles is 1. The third-order valence-electron chi connectivity index (χ3n) is 1.51. The third kappa shape index (κ3) is 5.91. The molecular weight excluding hydrogens is 204 g/mol. The molecule has 0 aliphatic heterocycles. The van der Waals surface area contributed by atoms with Crippen molar-refractivity contribution < 1.29 is 13.2 Å². The predicted octanol–water partition coefficient (Wildman–Crippen LogP) is 0.244. The largest absolute Gasteiger partial charge is 0.375 e. The van der Waals surface area contributed by atoms with Crippen LogP contribution in [0.25, 0.3) is 0 Å². The second-order valence-electron chi connectivity index (χ2n) is 3.43. The van der Waals surface area contributed by atoms with E-state index < -0.39 is 21.4 Å². The van der Waals surface area contributed by atoms with Crippen molar-refractivity contribution in [3.05, 3.63) is 0 Å². The Hall–Kier alpha value is -0.640. The highest BCUT2D eigenvalue weighted by Crippen LogP contribution is 2.07. The Morgan fingerprint density at radius 3 is 2.50 bits per heavy atom. The van der Waals surface area contributed by atoms with Crippen LogP contribution >= 0.6 is 0 Å². The van der Waals surface area contributed by atoms with E-state index in [9.17, 15) is 8.42 Å². The van der Waals surface area contributed by atoms with E-state index in [0.717, 1.165) is 0 Å². The number of nitrogens with one attached hydrogen (secondary N) is 1. The van der Waals surface area contributed by atoms with Gasteiger partial charge in [0, 0.05) is 13.2 Å². The van der Waals surface area contributed by atoms with Crippen molar-refractivity contribution in [3.8, 4) is 6.07 Å². The first-order valence-electron chi connectivity index (χ1n) is 4.31. The first-order chi connectivity index (χ1) is 6.33. The minimum atomic E-state index is -3.47. The average molecular weight is 220 g/mol. The summed E-state index contributed by atoms with van der Waals surface area (Å²) in [6, 6.07) is 1.58. The zero-order chi connectivity index (χ0) is 11.2. The van der Waals surface area contributed by atoms with Crippen LogP contribution in [0.3, 0.4) is 0 Å². The van der Waals surface area contributed by atoms with Crippen LogP contribution in [-0.2, 0) is 14.8 Å². The lowest BCUT2D eigenvalue weighted by Crippen LogP contribution is -2.41. The number of rotatable bonds is 6. The Morgan fingerprint density at radius 1 is 1.50 bits per heavy atom. The molecule has 0 fully saturated rings. The van der Waals surface area contributed by atoms with Gasteiger partial charge in [0.25, 0.3) is 0 Å². The van der Waals surface area contributed by atoms with E-state index in [2.05, 4.69) is 4.72 Å². The van der Waals surface area contributed by atoms with Crippen LogP contribution in [0.5, 0.6) is 0 Å². The number of ether oxygens (including phenoxy) is 1. The molecule has 0 amide bonds. The van der Waals surface area contributed by atoms with E-state index in [1.54, 1.807) is 19.9 Å². The molecule has 0 aromatic heterocycles. The topological polar surface area (TPSA) is 79.2 Å². The van der Waals surface area contributed by atoms with Gasteiger partial charge >= 0.3 is 0 Å². The van der Waals surface area contributed by atoms with Crippen molar-refractivity contribution >= 4 is 10.0 Å². The number of hydrogen-bond acceptors (Lipinski definition) is 4. The zero-order valence-corrected chi connectivity index (χ0v) is 9.52. The van der Waals surface area contributed by atoms with Gasteiger partial charge in [-0.25, -0.2) is 13.1 Å². The molecule has 0 rings (SSSR count). The van der Waals surface area contributed by atoms with E-state index >= 15 is 0 Å². The molecular formula is C8H16N2O3S. The van der Waals surface area contributed by atoms with Crippen LogP contribution in [0.1, 0.15) is 20.8 Å². The van der Waals surface area contributed by atoms with Gasteiger partial charge in [0.1, 0.15) is 0 Å². The first kappa shape index (κ1) is 13.4. The molecule has 0 heterocycles. The molecule has 0 aromatic rings. The maximum Gasteiger partial charge on any atom is 0.225 e. The van der Waals surface area contributed by atoms with E-state index in [0.29, 0.717) is 6.61 Å². The number of hydrogen-bond donors (Lipinski definition) is 1. The summed E-state index contributed by atoms with van der Waals surface area (Å²) in [5, 5.41) is 8.23. The maximum absolute atomic E-state index is 11.1. The summed E-state index contributed by atoms with van der Waals surface area (Å²) in [4.78, 5) is 0. The van der Waals surface area contributed by atoms with Crippen molar-refractivity contribution in [1.29, 1.82) is 5.26 Å². The van der Waals surface area contributed by atoms with Crippen LogP contribution in [0.15, 0.2) is 0 Å². The molecule has 0 bridgehead atoms. The molecule has 0 saturated heterocycles. The number of sulfonamides is 1. The highest BCUT2D eigenvalue weighted by atomic mass is 32.2. The van der Waals surface area contributed by atoms with Crippen molar-refractivity contribution in [2.45, 2.75) is 26.4 Å². The summed E-state index contributed by atoms with van der Waals surface area (Å²) in [6.45, 7) is 6.10. The van der Waals surface area contributed by atoms with Gasteiger partial charge in [-0.05, 0) is 20.8 Å². The maximum atomic E-state index is 11.1. The summed E-state index contributed by atoms with van der Waals surface area (Å²) < 4.78 is 29.8. The lowest BCUT2D eigenvalue weighted by molar-refractivity contribution is -0.00513. The second-order valence-corrected chi connectivity index (χ2v) is 5.24. The fourth-order valence-corrected chi connectivity index (χ4v) is 1.70. The lowest BCUT2D eigenvalue weighted by atomic mass is 10.1. The van der Waals surface area contributed by atoms with Crippen LogP contribution in [0.4, 0.5) is 0 Å². The van der Waals surface area contributed by atoms with Crippen LogP contribution < -0.4 is 4.72 Å². The molecule has 0 aliphatic rings.